The first-order valence-corrected chi connectivity index (χ1v) is 6.49. The van der Waals surface area contributed by atoms with Crippen LogP contribution in [-0.2, 0) is 6.54 Å². The number of carbonyl (C=O) groups is 1. The third-order valence-electron chi connectivity index (χ3n) is 4.16. The van der Waals surface area contributed by atoms with Gasteiger partial charge in [0.2, 0.25) is 0 Å². The molecule has 0 aliphatic carbocycles. The maximum absolute atomic E-state index is 12.5. The van der Waals surface area contributed by atoms with Crippen LogP contribution >= 0.6 is 0 Å². The number of hydrogen-bond acceptors (Lipinski definition) is 2. The molecule has 0 aliphatic heterocycles. The van der Waals surface area contributed by atoms with Crippen molar-refractivity contribution in [1.82, 2.24) is 9.55 Å². The van der Waals surface area contributed by atoms with E-state index in [0.29, 0.717) is 6.54 Å². The Hall–Kier alpha value is -1.90. The van der Waals surface area contributed by atoms with Crippen molar-refractivity contribution < 1.29 is 4.79 Å². The Morgan fingerprint density at radius 1 is 1.00 bits per heavy atom. The molecule has 0 unspecified atom stereocenters. The van der Waals surface area contributed by atoms with E-state index in [9.17, 15) is 4.79 Å². The second kappa shape index (κ2) is 5.00. The van der Waals surface area contributed by atoms with E-state index in [0.717, 1.165) is 16.7 Å². The lowest BCUT2D eigenvalue weighted by Gasteiger charge is -2.18. The number of Topliss-reactive ketones (excluding diaryl/α,β-unsaturated/α-hetero) is 1. The Kier molecular flexibility index (Phi) is 3.56. The molecule has 0 aliphatic rings. The molecule has 1 aromatic carbocycles. The molecule has 0 radical (unpaired) electrons. The van der Waals surface area contributed by atoms with Crippen LogP contribution in [0.3, 0.4) is 0 Å². The number of ketones is 1. The Morgan fingerprint density at radius 2 is 1.53 bits per heavy atom. The molecule has 2 rings (SSSR count). The Bertz CT molecular complexity index is 596. The van der Waals surface area contributed by atoms with Crippen LogP contribution in [0.1, 0.15) is 38.2 Å². The van der Waals surface area contributed by atoms with Crippen molar-refractivity contribution in [2.24, 2.45) is 0 Å². The van der Waals surface area contributed by atoms with Gasteiger partial charge in [0, 0.05) is 18.0 Å². The molecule has 1 heterocycles. The van der Waals surface area contributed by atoms with Crippen LogP contribution in [0.2, 0.25) is 0 Å². The number of nitrogens with zero attached hydrogens (tertiary/aromatic N) is 2. The van der Waals surface area contributed by atoms with Crippen LogP contribution in [0, 0.1) is 34.6 Å². The van der Waals surface area contributed by atoms with E-state index in [-0.39, 0.29) is 5.78 Å². The smallest absolute Gasteiger partial charge is 0.183 e. The van der Waals surface area contributed by atoms with Crippen molar-refractivity contribution in [2.75, 3.05) is 0 Å². The van der Waals surface area contributed by atoms with Gasteiger partial charge in [-0.25, -0.2) is 4.98 Å². The van der Waals surface area contributed by atoms with E-state index in [4.69, 9.17) is 0 Å². The van der Waals surface area contributed by atoms with Gasteiger partial charge in [-0.2, -0.15) is 0 Å². The quantitative estimate of drug-likeness (QED) is 0.790. The molecule has 3 nitrogen and oxygen atoms in total. The summed E-state index contributed by atoms with van der Waals surface area (Å²) in [6.07, 6.45) is 5.19. The molecule has 100 valence electrons. The summed E-state index contributed by atoms with van der Waals surface area (Å²) in [6, 6.07) is 0. The standard InChI is InChI=1S/C16H20N2O/c1-10-11(2)13(4)16(14(5)12(10)3)15(19)8-18-7-6-17-9-18/h6-7,9H,8H2,1-5H3. The van der Waals surface area contributed by atoms with Crippen LogP contribution in [0.5, 0.6) is 0 Å². The topological polar surface area (TPSA) is 34.9 Å². The predicted molar refractivity (Wildman–Crippen MR) is 76.7 cm³/mol. The monoisotopic (exact) mass is 256 g/mol. The SMILES string of the molecule is Cc1c(C)c(C)c(C(=O)Cn2ccnc2)c(C)c1C. The van der Waals surface area contributed by atoms with E-state index in [1.165, 1.54) is 16.7 Å². The zero-order valence-corrected chi connectivity index (χ0v) is 12.2. The zero-order chi connectivity index (χ0) is 14.2. The average Bonchev–Trinajstić information content (AvgIpc) is 2.87. The lowest BCUT2D eigenvalue weighted by atomic mass is 9.88. The Labute approximate surface area is 114 Å². The molecule has 2 aromatic rings. The van der Waals surface area contributed by atoms with Crippen molar-refractivity contribution in [3.8, 4) is 0 Å². The maximum Gasteiger partial charge on any atom is 0.183 e. The van der Waals surface area contributed by atoms with Crippen LogP contribution in [0.25, 0.3) is 0 Å². The summed E-state index contributed by atoms with van der Waals surface area (Å²) in [7, 11) is 0. The van der Waals surface area contributed by atoms with Gasteiger partial charge >= 0.3 is 0 Å². The van der Waals surface area contributed by atoms with Crippen molar-refractivity contribution in [1.29, 1.82) is 0 Å². The molecular weight excluding hydrogens is 236 g/mol. The van der Waals surface area contributed by atoms with Gasteiger partial charge in [-0.1, -0.05) is 0 Å². The average molecular weight is 256 g/mol. The fraction of sp³-hybridized carbons (Fsp3) is 0.375. The van der Waals surface area contributed by atoms with Crippen molar-refractivity contribution in [2.45, 2.75) is 41.2 Å². The van der Waals surface area contributed by atoms with Gasteiger partial charge < -0.3 is 4.57 Å². The fourth-order valence-corrected chi connectivity index (χ4v) is 2.54. The summed E-state index contributed by atoms with van der Waals surface area (Å²) in [4.78, 5) is 16.5. The van der Waals surface area contributed by atoms with E-state index in [1.54, 1.807) is 12.5 Å². The molecule has 0 amide bonds. The summed E-state index contributed by atoms with van der Waals surface area (Å²) in [5.74, 6) is 0.152. The van der Waals surface area contributed by atoms with Crippen molar-refractivity contribution in [3.63, 3.8) is 0 Å². The number of aromatic nitrogens is 2. The molecule has 19 heavy (non-hydrogen) atoms. The van der Waals surface area contributed by atoms with Gasteiger partial charge in [-0.15, -0.1) is 0 Å². The number of hydrogen-bond donors (Lipinski definition) is 0. The molecular formula is C16H20N2O. The Balaban J connectivity index is 2.48. The number of benzene rings is 1. The first kappa shape index (κ1) is 13.5. The predicted octanol–water partition coefficient (Wildman–Crippen LogP) is 3.31. The second-order valence-corrected chi connectivity index (χ2v) is 5.16. The highest BCUT2D eigenvalue weighted by atomic mass is 16.1. The highest BCUT2D eigenvalue weighted by molar-refractivity contribution is 5.99. The third-order valence-corrected chi connectivity index (χ3v) is 4.16. The van der Waals surface area contributed by atoms with Gasteiger partial charge in [0.1, 0.15) is 0 Å². The minimum Gasteiger partial charge on any atom is -0.330 e. The summed E-state index contributed by atoms with van der Waals surface area (Å²) >= 11 is 0. The summed E-state index contributed by atoms with van der Waals surface area (Å²) in [5.41, 5.74) is 6.80. The van der Waals surface area contributed by atoms with Crippen LogP contribution < -0.4 is 0 Å². The molecule has 0 fully saturated rings. The van der Waals surface area contributed by atoms with E-state index in [1.807, 2.05) is 24.6 Å². The molecule has 0 spiro atoms. The molecule has 3 heteroatoms. The van der Waals surface area contributed by atoms with E-state index < -0.39 is 0 Å². The summed E-state index contributed by atoms with van der Waals surface area (Å²) in [5, 5.41) is 0. The third kappa shape index (κ3) is 2.33. The lowest BCUT2D eigenvalue weighted by molar-refractivity contribution is 0.0970. The zero-order valence-electron chi connectivity index (χ0n) is 12.2. The normalized spacial score (nSPS) is 10.8. The largest absolute Gasteiger partial charge is 0.330 e. The summed E-state index contributed by atoms with van der Waals surface area (Å²) < 4.78 is 1.81. The molecule has 0 saturated heterocycles. The molecule has 1 aromatic heterocycles. The van der Waals surface area contributed by atoms with Gasteiger partial charge in [-0.3, -0.25) is 4.79 Å². The maximum atomic E-state index is 12.5. The van der Waals surface area contributed by atoms with Crippen molar-refractivity contribution in [3.05, 3.63) is 52.1 Å². The van der Waals surface area contributed by atoms with Gasteiger partial charge in [-0.05, 0) is 62.4 Å². The lowest BCUT2D eigenvalue weighted by Crippen LogP contribution is -2.14. The first-order chi connectivity index (χ1) is 8.93. The van der Waals surface area contributed by atoms with Gasteiger partial charge in [0.25, 0.3) is 0 Å². The van der Waals surface area contributed by atoms with Crippen LogP contribution in [0.15, 0.2) is 18.7 Å². The highest BCUT2D eigenvalue weighted by Crippen LogP contribution is 2.26. The minimum atomic E-state index is 0.152. The Morgan fingerprint density at radius 3 is 2.00 bits per heavy atom. The van der Waals surface area contributed by atoms with E-state index in [2.05, 4.69) is 25.8 Å². The number of rotatable bonds is 3. The highest BCUT2D eigenvalue weighted by Gasteiger charge is 2.18. The number of imidazole rings is 1. The van der Waals surface area contributed by atoms with Crippen molar-refractivity contribution >= 4 is 5.78 Å². The fourth-order valence-electron chi connectivity index (χ4n) is 2.54. The minimum absolute atomic E-state index is 0.152. The number of carbonyl (C=O) groups excluding carboxylic acids is 1. The van der Waals surface area contributed by atoms with Gasteiger partial charge in [0.15, 0.2) is 5.78 Å². The van der Waals surface area contributed by atoms with E-state index >= 15 is 0 Å². The molecule has 0 saturated carbocycles. The molecule has 0 bridgehead atoms. The molecule has 0 atom stereocenters. The van der Waals surface area contributed by atoms with Crippen LogP contribution in [0.4, 0.5) is 0 Å². The first-order valence-electron chi connectivity index (χ1n) is 6.49. The van der Waals surface area contributed by atoms with Gasteiger partial charge in [0.05, 0.1) is 12.9 Å². The molecule has 0 N–H and O–H groups in total. The second-order valence-electron chi connectivity index (χ2n) is 5.16. The van der Waals surface area contributed by atoms with Crippen LogP contribution in [-0.4, -0.2) is 15.3 Å². The summed E-state index contributed by atoms with van der Waals surface area (Å²) in [6.45, 7) is 10.7.